The van der Waals surface area contributed by atoms with E-state index in [4.69, 9.17) is 23.2 Å². The van der Waals surface area contributed by atoms with Crippen LogP contribution in [0.1, 0.15) is 18.1 Å². The van der Waals surface area contributed by atoms with Crippen LogP contribution in [0.5, 0.6) is 0 Å². The molecule has 0 aromatic heterocycles. The van der Waals surface area contributed by atoms with E-state index >= 15 is 0 Å². The van der Waals surface area contributed by atoms with Gasteiger partial charge in [-0.3, -0.25) is 0 Å². The van der Waals surface area contributed by atoms with E-state index in [1.165, 1.54) is 11.1 Å². The summed E-state index contributed by atoms with van der Waals surface area (Å²) in [5.74, 6) is 0. The number of halogens is 3. The van der Waals surface area contributed by atoms with Crippen molar-refractivity contribution in [1.82, 2.24) is 5.32 Å². The minimum absolute atomic E-state index is 0.394. The molecule has 0 aliphatic rings. The molecule has 0 aliphatic carbocycles. The van der Waals surface area contributed by atoms with Gasteiger partial charge in [-0.15, -0.1) is 0 Å². The summed E-state index contributed by atoms with van der Waals surface area (Å²) in [6.45, 7) is 3.00. The van der Waals surface area contributed by atoms with E-state index in [9.17, 15) is 0 Å². The Morgan fingerprint density at radius 2 is 1.70 bits per heavy atom. The van der Waals surface area contributed by atoms with Crippen LogP contribution in [0.2, 0.25) is 10.0 Å². The highest BCUT2D eigenvalue weighted by atomic mass is 79.9. The number of hydrogen-bond acceptors (Lipinski definition) is 1. The zero-order valence-electron chi connectivity index (χ0n) is 11.2. The first-order valence-electron chi connectivity index (χ1n) is 6.46. The maximum Gasteiger partial charge on any atom is 0.0548 e. The Hall–Kier alpha value is -0.540. The minimum Gasteiger partial charge on any atom is -0.310 e. The van der Waals surface area contributed by atoms with Gasteiger partial charge in [0.1, 0.15) is 0 Å². The predicted molar refractivity (Wildman–Crippen MR) is 90.6 cm³/mol. The summed E-state index contributed by atoms with van der Waals surface area (Å²) in [5.41, 5.74) is 2.50. The minimum atomic E-state index is 0.394. The van der Waals surface area contributed by atoms with E-state index in [1.807, 2.05) is 30.3 Å². The molecule has 0 saturated heterocycles. The number of benzene rings is 2. The molecule has 0 amide bonds. The first-order valence-corrected chi connectivity index (χ1v) is 8.01. The highest BCUT2D eigenvalue weighted by molar-refractivity contribution is 9.10. The summed E-state index contributed by atoms with van der Waals surface area (Å²) in [6, 6.07) is 14.4. The number of rotatable bonds is 5. The average Bonchev–Trinajstić information content (AvgIpc) is 2.43. The van der Waals surface area contributed by atoms with Crippen molar-refractivity contribution in [2.45, 2.75) is 25.9 Å². The molecule has 0 saturated carbocycles. The second-order valence-electron chi connectivity index (χ2n) is 4.86. The van der Waals surface area contributed by atoms with Crippen molar-refractivity contribution in [2.75, 3.05) is 0 Å². The lowest BCUT2D eigenvalue weighted by atomic mass is 10.1. The van der Waals surface area contributed by atoms with Crippen LogP contribution in [-0.2, 0) is 13.0 Å². The van der Waals surface area contributed by atoms with Crippen molar-refractivity contribution in [3.8, 4) is 0 Å². The molecule has 4 heteroatoms. The highest BCUT2D eigenvalue weighted by Gasteiger charge is 2.04. The van der Waals surface area contributed by atoms with Crippen molar-refractivity contribution in [1.29, 1.82) is 0 Å². The molecule has 0 bridgehead atoms. The third kappa shape index (κ3) is 4.78. The maximum atomic E-state index is 5.99. The third-order valence-electron chi connectivity index (χ3n) is 3.09. The lowest BCUT2D eigenvalue weighted by Crippen LogP contribution is -2.27. The second-order valence-corrected chi connectivity index (χ2v) is 6.56. The summed E-state index contributed by atoms with van der Waals surface area (Å²) in [4.78, 5) is 0. The Bertz CT molecular complexity index is 569. The molecule has 0 heterocycles. The van der Waals surface area contributed by atoms with Crippen LogP contribution in [0.15, 0.2) is 46.9 Å². The maximum absolute atomic E-state index is 5.99. The van der Waals surface area contributed by atoms with Gasteiger partial charge >= 0.3 is 0 Å². The third-order valence-corrected chi connectivity index (χ3v) is 4.56. The van der Waals surface area contributed by atoms with Gasteiger partial charge in [0, 0.05) is 22.1 Å². The van der Waals surface area contributed by atoms with E-state index in [0.29, 0.717) is 6.04 Å². The molecule has 1 N–H and O–H groups in total. The zero-order chi connectivity index (χ0) is 14.5. The fourth-order valence-corrected chi connectivity index (χ4v) is 2.66. The fourth-order valence-electron chi connectivity index (χ4n) is 1.99. The van der Waals surface area contributed by atoms with Gasteiger partial charge in [0.15, 0.2) is 0 Å². The van der Waals surface area contributed by atoms with Gasteiger partial charge in [0.05, 0.1) is 5.02 Å². The summed E-state index contributed by atoms with van der Waals surface area (Å²) >= 11 is 15.3. The van der Waals surface area contributed by atoms with Crippen molar-refractivity contribution < 1.29 is 0 Å². The summed E-state index contributed by atoms with van der Waals surface area (Å²) < 4.78 is 0.934. The monoisotopic (exact) mass is 371 g/mol. The highest BCUT2D eigenvalue weighted by Crippen LogP contribution is 2.23. The van der Waals surface area contributed by atoms with Crippen molar-refractivity contribution >= 4 is 39.1 Å². The molecule has 0 fully saturated rings. The molecular weight excluding hydrogens is 357 g/mol. The molecule has 0 aliphatic heterocycles. The molecule has 2 aromatic rings. The average molecular weight is 373 g/mol. The van der Waals surface area contributed by atoms with Gasteiger partial charge in [-0.25, -0.2) is 0 Å². The smallest absolute Gasteiger partial charge is 0.0548 e. The molecule has 20 heavy (non-hydrogen) atoms. The van der Waals surface area contributed by atoms with E-state index in [1.54, 1.807) is 0 Å². The molecule has 2 aromatic carbocycles. The molecule has 1 nitrogen and oxygen atoms in total. The van der Waals surface area contributed by atoms with E-state index < -0.39 is 0 Å². The molecular formula is C16H16BrCl2N. The van der Waals surface area contributed by atoms with E-state index in [2.05, 4.69) is 40.3 Å². The van der Waals surface area contributed by atoms with Crippen LogP contribution in [0.3, 0.4) is 0 Å². The largest absolute Gasteiger partial charge is 0.310 e. The Morgan fingerprint density at radius 1 is 1.05 bits per heavy atom. The Balaban J connectivity index is 1.86. The van der Waals surface area contributed by atoms with Gasteiger partial charge in [0.2, 0.25) is 0 Å². The zero-order valence-corrected chi connectivity index (χ0v) is 14.3. The van der Waals surface area contributed by atoms with Gasteiger partial charge < -0.3 is 5.32 Å². The standard InChI is InChI=1S/C16H16BrCl2N/c1-11(8-12-2-5-14(18)6-3-12)20-10-13-4-7-16(19)15(17)9-13/h2-7,9,11,20H,8,10H2,1H3. The van der Waals surface area contributed by atoms with Crippen molar-refractivity contribution in [3.63, 3.8) is 0 Å². The van der Waals surface area contributed by atoms with Crippen LogP contribution >= 0.6 is 39.1 Å². The van der Waals surface area contributed by atoms with E-state index in [-0.39, 0.29) is 0 Å². The first-order chi connectivity index (χ1) is 9.54. The van der Waals surface area contributed by atoms with Gasteiger partial charge in [0.25, 0.3) is 0 Å². The summed E-state index contributed by atoms with van der Waals surface area (Å²) in [5, 5.41) is 5.03. The quantitative estimate of drug-likeness (QED) is 0.732. The SMILES string of the molecule is CC(Cc1ccc(Cl)cc1)NCc1ccc(Cl)c(Br)c1. The Morgan fingerprint density at radius 3 is 2.35 bits per heavy atom. The molecule has 0 radical (unpaired) electrons. The van der Waals surface area contributed by atoms with Crippen LogP contribution < -0.4 is 5.32 Å². The topological polar surface area (TPSA) is 12.0 Å². The second kappa shape index (κ2) is 7.46. The van der Waals surface area contributed by atoms with Gasteiger partial charge in [-0.2, -0.15) is 0 Å². The number of hydrogen-bond donors (Lipinski definition) is 1. The normalized spacial score (nSPS) is 12.4. The van der Waals surface area contributed by atoms with Crippen LogP contribution in [0.25, 0.3) is 0 Å². The molecule has 0 spiro atoms. The Labute approximate surface area is 138 Å². The summed E-state index contributed by atoms with van der Waals surface area (Å²) in [6.07, 6.45) is 0.978. The number of nitrogens with one attached hydrogen (secondary N) is 1. The predicted octanol–water partition coefficient (Wildman–Crippen LogP) is 5.48. The molecule has 1 unspecified atom stereocenters. The van der Waals surface area contributed by atoms with Crippen molar-refractivity contribution in [2.24, 2.45) is 0 Å². The Kier molecular flexibility index (Phi) is 5.91. The van der Waals surface area contributed by atoms with E-state index in [0.717, 1.165) is 27.5 Å². The molecule has 2 rings (SSSR count). The lowest BCUT2D eigenvalue weighted by Gasteiger charge is -2.14. The van der Waals surface area contributed by atoms with Gasteiger partial charge in [-0.1, -0.05) is 41.4 Å². The first kappa shape index (κ1) is 15.8. The molecule has 1 atom stereocenters. The lowest BCUT2D eigenvalue weighted by molar-refractivity contribution is 0.545. The molecule has 106 valence electrons. The fraction of sp³-hybridized carbons (Fsp3) is 0.250. The summed E-state index contributed by atoms with van der Waals surface area (Å²) in [7, 11) is 0. The van der Waals surface area contributed by atoms with Crippen LogP contribution in [-0.4, -0.2) is 6.04 Å². The van der Waals surface area contributed by atoms with Crippen LogP contribution in [0, 0.1) is 0 Å². The van der Waals surface area contributed by atoms with Gasteiger partial charge in [-0.05, 0) is 64.7 Å². The van der Waals surface area contributed by atoms with Crippen LogP contribution in [0.4, 0.5) is 0 Å². The van der Waals surface area contributed by atoms with Crippen molar-refractivity contribution in [3.05, 3.63) is 68.1 Å².